The Kier molecular flexibility index (Phi) is 4.45. The molecule has 0 spiro atoms. The van der Waals surface area contributed by atoms with E-state index >= 15 is 0 Å². The first-order valence-corrected chi connectivity index (χ1v) is 10.0. The summed E-state index contributed by atoms with van der Waals surface area (Å²) < 4.78 is 1.84. The van der Waals surface area contributed by atoms with Gasteiger partial charge in [-0.05, 0) is 57.6 Å². The van der Waals surface area contributed by atoms with Crippen molar-refractivity contribution < 1.29 is 5.11 Å². The highest BCUT2D eigenvalue weighted by Gasteiger charge is 2.31. The third-order valence-electron chi connectivity index (χ3n) is 5.24. The van der Waals surface area contributed by atoms with E-state index in [2.05, 4.69) is 20.4 Å². The maximum absolute atomic E-state index is 10.2. The number of anilines is 1. The molecule has 0 radical (unpaired) electrons. The third kappa shape index (κ3) is 3.67. The Morgan fingerprint density at radius 1 is 1.24 bits per heavy atom. The van der Waals surface area contributed by atoms with E-state index in [-0.39, 0.29) is 5.37 Å². The van der Waals surface area contributed by atoms with E-state index in [1.807, 2.05) is 42.9 Å². The van der Waals surface area contributed by atoms with Gasteiger partial charge >= 0.3 is 0 Å². The van der Waals surface area contributed by atoms with Gasteiger partial charge in [0.2, 0.25) is 0 Å². The summed E-state index contributed by atoms with van der Waals surface area (Å²) in [5.74, 6) is 2.22. The third-order valence-corrected chi connectivity index (χ3v) is 6.26. The molecule has 1 saturated carbocycles. The first-order chi connectivity index (χ1) is 12.0. The van der Waals surface area contributed by atoms with E-state index in [0.29, 0.717) is 12.0 Å². The van der Waals surface area contributed by atoms with Gasteiger partial charge in [0.1, 0.15) is 11.2 Å². The van der Waals surface area contributed by atoms with Crippen molar-refractivity contribution in [2.24, 2.45) is 10.9 Å². The number of aliphatic imine (C=N–C) groups is 1. The fourth-order valence-corrected chi connectivity index (χ4v) is 4.54. The molecule has 7 heteroatoms. The number of rotatable bonds is 4. The minimum absolute atomic E-state index is 0.107. The highest BCUT2D eigenvalue weighted by Crippen LogP contribution is 2.34. The number of nitrogens with zero attached hydrogens (tertiary/aromatic N) is 4. The monoisotopic (exact) mass is 359 g/mol. The van der Waals surface area contributed by atoms with Crippen LogP contribution in [0.4, 0.5) is 5.82 Å². The Balaban J connectivity index is 1.43. The van der Waals surface area contributed by atoms with E-state index in [1.54, 1.807) is 11.8 Å². The first kappa shape index (κ1) is 16.8. The van der Waals surface area contributed by atoms with Crippen molar-refractivity contribution >= 4 is 29.4 Å². The molecule has 134 valence electrons. The SMILES string of the molecule is CC(C)(O)C1CCC(Nc2ccc3nc(C4N=CCS4)cn3n2)CC1. The van der Waals surface area contributed by atoms with Gasteiger partial charge in [0, 0.05) is 18.0 Å². The van der Waals surface area contributed by atoms with Crippen LogP contribution < -0.4 is 5.32 Å². The van der Waals surface area contributed by atoms with Crippen molar-refractivity contribution in [3.8, 4) is 0 Å². The summed E-state index contributed by atoms with van der Waals surface area (Å²) in [6, 6.07) is 4.42. The smallest absolute Gasteiger partial charge is 0.154 e. The molecule has 0 aromatic carbocycles. The highest BCUT2D eigenvalue weighted by molar-refractivity contribution is 8.00. The molecule has 1 unspecified atom stereocenters. The molecule has 25 heavy (non-hydrogen) atoms. The van der Waals surface area contributed by atoms with Crippen LogP contribution in [0.5, 0.6) is 0 Å². The molecule has 0 saturated heterocycles. The maximum atomic E-state index is 10.2. The van der Waals surface area contributed by atoms with Crippen molar-refractivity contribution in [1.82, 2.24) is 14.6 Å². The maximum Gasteiger partial charge on any atom is 0.154 e. The van der Waals surface area contributed by atoms with Gasteiger partial charge in [0.25, 0.3) is 0 Å². The minimum atomic E-state index is -0.573. The van der Waals surface area contributed by atoms with Crippen LogP contribution in [0.1, 0.15) is 50.6 Å². The number of thioether (sulfide) groups is 1. The molecule has 1 fully saturated rings. The van der Waals surface area contributed by atoms with E-state index in [1.165, 1.54) is 0 Å². The molecular weight excluding hydrogens is 334 g/mol. The summed E-state index contributed by atoms with van der Waals surface area (Å²) >= 11 is 1.78. The van der Waals surface area contributed by atoms with Gasteiger partial charge in [-0.25, -0.2) is 9.50 Å². The summed E-state index contributed by atoms with van der Waals surface area (Å²) in [4.78, 5) is 9.07. The Morgan fingerprint density at radius 3 is 2.72 bits per heavy atom. The molecule has 1 atom stereocenters. The predicted molar refractivity (Wildman–Crippen MR) is 102 cm³/mol. The molecule has 0 amide bonds. The predicted octanol–water partition coefficient (Wildman–Crippen LogP) is 3.29. The molecule has 1 aliphatic carbocycles. The highest BCUT2D eigenvalue weighted by atomic mass is 32.2. The normalized spacial score (nSPS) is 27.1. The number of hydrogen-bond acceptors (Lipinski definition) is 6. The van der Waals surface area contributed by atoms with Crippen LogP contribution in [0, 0.1) is 5.92 Å². The number of hydrogen-bond donors (Lipinski definition) is 2. The topological polar surface area (TPSA) is 74.8 Å². The Hall–Kier alpha value is -1.60. The average Bonchev–Trinajstić information content (AvgIpc) is 3.23. The quantitative estimate of drug-likeness (QED) is 0.876. The van der Waals surface area contributed by atoms with Gasteiger partial charge < -0.3 is 10.4 Å². The van der Waals surface area contributed by atoms with Crippen molar-refractivity contribution in [3.63, 3.8) is 0 Å². The van der Waals surface area contributed by atoms with Crippen LogP contribution in [0.25, 0.3) is 5.65 Å². The van der Waals surface area contributed by atoms with Crippen molar-refractivity contribution in [1.29, 1.82) is 0 Å². The van der Waals surface area contributed by atoms with Gasteiger partial charge in [-0.1, -0.05) is 0 Å². The standard InChI is InChI=1S/C18H25N5OS/c1-18(2,24)12-3-5-13(6-4-12)20-15-7-8-16-21-14(11-23(16)22-15)17-19-9-10-25-17/h7-9,11-13,17,24H,3-6,10H2,1-2H3,(H,20,22). The fourth-order valence-electron chi connectivity index (χ4n) is 3.73. The number of aliphatic hydroxyl groups is 1. The second kappa shape index (κ2) is 6.61. The van der Waals surface area contributed by atoms with Gasteiger partial charge in [-0.15, -0.1) is 16.9 Å². The largest absolute Gasteiger partial charge is 0.390 e. The summed E-state index contributed by atoms with van der Waals surface area (Å²) in [7, 11) is 0. The van der Waals surface area contributed by atoms with Gasteiger partial charge in [-0.2, -0.15) is 0 Å². The van der Waals surface area contributed by atoms with Crippen LogP contribution in [0.3, 0.4) is 0 Å². The molecule has 1 aliphatic heterocycles. The van der Waals surface area contributed by atoms with Crippen LogP contribution in [-0.4, -0.2) is 43.3 Å². The summed E-state index contributed by atoms with van der Waals surface area (Å²) in [5.41, 5.74) is 1.25. The lowest BCUT2D eigenvalue weighted by Gasteiger charge is -2.36. The molecule has 0 bridgehead atoms. The molecule has 2 N–H and O–H groups in total. The van der Waals surface area contributed by atoms with Crippen molar-refractivity contribution in [2.45, 2.75) is 56.5 Å². The number of nitrogens with one attached hydrogen (secondary N) is 1. The minimum Gasteiger partial charge on any atom is -0.390 e. The molecular formula is C18H25N5OS. The fraction of sp³-hybridized carbons (Fsp3) is 0.611. The number of aromatic nitrogens is 3. The number of imidazole rings is 1. The van der Waals surface area contributed by atoms with E-state index in [4.69, 9.17) is 0 Å². The van der Waals surface area contributed by atoms with Gasteiger partial charge in [0.05, 0.1) is 17.5 Å². The molecule has 3 heterocycles. The van der Waals surface area contributed by atoms with E-state index < -0.39 is 5.60 Å². The van der Waals surface area contributed by atoms with Crippen molar-refractivity contribution in [3.05, 3.63) is 24.0 Å². The van der Waals surface area contributed by atoms with Gasteiger partial charge in [-0.3, -0.25) is 4.99 Å². The summed E-state index contributed by atoms with van der Waals surface area (Å²) in [6.07, 6.45) is 8.16. The van der Waals surface area contributed by atoms with Crippen LogP contribution in [-0.2, 0) is 0 Å². The lowest BCUT2D eigenvalue weighted by molar-refractivity contribution is -0.000405. The molecule has 6 nitrogen and oxygen atoms in total. The van der Waals surface area contributed by atoms with Crippen LogP contribution in [0.15, 0.2) is 23.3 Å². The zero-order chi connectivity index (χ0) is 17.4. The Morgan fingerprint density at radius 2 is 2.04 bits per heavy atom. The van der Waals surface area contributed by atoms with Gasteiger partial charge in [0.15, 0.2) is 5.65 Å². The van der Waals surface area contributed by atoms with E-state index in [0.717, 1.165) is 48.6 Å². The lowest BCUT2D eigenvalue weighted by Crippen LogP contribution is -2.37. The molecule has 2 aromatic heterocycles. The Labute approximate surface area is 152 Å². The van der Waals surface area contributed by atoms with E-state index in [9.17, 15) is 5.11 Å². The molecule has 2 aliphatic rings. The first-order valence-electron chi connectivity index (χ1n) is 8.97. The van der Waals surface area contributed by atoms with Crippen molar-refractivity contribution in [2.75, 3.05) is 11.1 Å². The Bertz CT molecular complexity index is 773. The second-order valence-electron chi connectivity index (χ2n) is 7.55. The summed E-state index contributed by atoms with van der Waals surface area (Å²) in [5, 5.41) is 18.5. The number of fused-ring (bicyclic) bond motifs is 1. The lowest BCUT2D eigenvalue weighted by atomic mass is 9.77. The van der Waals surface area contributed by atoms with Crippen LogP contribution in [0.2, 0.25) is 0 Å². The summed E-state index contributed by atoms with van der Waals surface area (Å²) in [6.45, 7) is 3.84. The molecule has 2 aromatic rings. The second-order valence-corrected chi connectivity index (χ2v) is 8.66. The molecule has 4 rings (SSSR count). The zero-order valence-electron chi connectivity index (χ0n) is 14.7. The average molecular weight is 359 g/mol. The van der Waals surface area contributed by atoms with Crippen LogP contribution >= 0.6 is 11.8 Å². The zero-order valence-corrected chi connectivity index (χ0v) is 15.5.